The smallest absolute Gasteiger partial charge is 0.323 e. The van der Waals surface area contributed by atoms with Crippen LogP contribution in [0.5, 0.6) is 0 Å². The zero-order valence-electron chi connectivity index (χ0n) is 11.8. The number of carbonyl (C=O) groups excluding carboxylic acids is 1. The summed E-state index contributed by atoms with van der Waals surface area (Å²) in [6.45, 7) is -0.546. The number of halogens is 2. The molecule has 0 saturated heterocycles. The molecule has 4 nitrogen and oxygen atoms in total. The van der Waals surface area contributed by atoms with Gasteiger partial charge >= 0.3 is 5.97 Å². The summed E-state index contributed by atoms with van der Waals surface area (Å²) < 4.78 is 28.9. The van der Waals surface area contributed by atoms with Gasteiger partial charge in [0, 0.05) is 17.7 Å². The van der Waals surface area contributed by atoms with Crippen LogP contribution in [0.1, 0.15) is 46.7 Å². The van der Waals surface area contributed by atoms with Gasteiger partial charge < -0.3 is 10.0 Å². The van der Waals surface area contributed by atoms with Gasteiger partial charge in [-0.2, -0.15) is 0 Å². The van der Waals surface area contributed by atoms with Crippen molar-refractivity contribution >= 4 is 11.9 Å². The summed E-state index contributed by atoms with van der Waals surface area (Å²) in [5, 5.41) is 8.91. The number of nitrogens with zero attached hydrogens (tertiary/aromatic N) is 1. The molecule has 6 heteroatoms. The summed E-state index contributed by atoms with van der Waals surface area (Å²) in [6.07, 6.45) is 0.760. The molecule has 1 heterocycles. The van der Waals surface area contributed by atoms with E-state index in [0.29, 0.717) is 5.56 Å². The molecule has 1 N–H and O–H groups in total. The minimum atomic E-state index is -1.22. The van der Waals surface area contributed by atoms with Crippen molar-refractivity contribution in [1.29, 1.82) is 0 Å². The summed E-state index contributed by atoms with van der Waals surface area (Å²) in [6, 6.07) is 3.13. The Morgan fingerprint density at radius 1 is 1.41 bits per heavy atom. The number of hydrogen-bond donors (Lipinski definition) is 1. The van der Waals surface area contributed by atoms with Gasteiger partial charge in [-0.05, 0) is 36.8 Å². The quantitative estimate of drug-likeness (QED) is 0.931. The van der Waals surface area contributed by atoms with E-state index in [-0.39, 0.29) is 30.0 Å². The first-order valence-electron chi connectivity index (χ1n) is 7.42. The first kappa shape index (κ1) is 13.7. The summed E-state index contributed by atoms with van der Waals surface area (Å²) >= 11 is 0. The topological polar surface area (TPSA) is 57.6 Å². The van der Waals surface area contributed by atoms with Gasteiger partial charge in [0.05, 0.1) is 5.41 Å². The average Bonchev–Trinajstić information content (AvgIpc) is 3.34. The molecular weight excluding hydrogens is 292 g/mol. The van der Waals surface area contributed by atoms with Crippen molar-refractivity contribution in [2.24, 2.45) is 0 Å². The maximum atomic E-state index is 14.9. The van der Waals surface area contributed by atoms with Crippen molar-refractivity contribution in [3.8, 4) is 0 Å². The Balaban J connectivity index is 1.84. The van der Waals surface area contributed by atoms with Crippen LogP contribution >= 0.6 is 0 Å². The Kier molecular flexibility index (Phi) is 2.65. The summed E-state index contributed by atoms with van der Waals surface area (Å²) in [5.41, 5.74) is -0.185. The third kappa shape index (κ3) is 1.79. The van der Waals surface area contributed by atoms with E-state index in [1.54, 1.807) is 6.07 Å². The van der Waals surface area contributed by atoms with Crippen molar-refractivity contribution < 1.29 is 23.5 Å². The van der Waals surface area contributed by atoms with Gasteiger partial charge in [-0.3, -0.25) is 9.59 Å². The van der Waals surface area contributed by atoms with Crippen LogP contribution in [0.4, 0.5) is 8.78 Å². The fourth-order valence-electron chi connectivity index (χ4n) is 3.60. The highest BCUT2D eigenvalue weighted by Gasteiger charge is 2.62. The van der Waals surface area contributed by atoms with Crippen LogP contribution in [0.15, 0.2) is 12.1 Å². The van der Waals surface area contributed by atoms with Crippen molar-refractivity contribution in [3.63, 3.8) is 0 Å². The fraction of sp³-hybridized carbons (Fsp3) is 0.500. The van der Waals surface area contributed by atoms with Gasteiger partial charge in [-0.15, -0.1) is 0 Å². The number of carbonyl (C=O) groups is 2. The predicted molar refractivity (Wildman–Crippen MR) is 73.1 cm³/mol. The number of rotatable bonds is 3. The van der Waals surface area contributed by atoms with E-state index in [4.69, 9.17) is 5.11 Å². The molecule has 0 bridgehead atoms. The third-order valence-electron chi connectivity index (χ3n) is 4.99. The Morgan fingerprint density at radius 3 is 2.64 bits per heavy atom. The molecule has 116 valence electrons. The molecule has 2 atom stereocenters. The van der Waals surface area contributed by atoms with E-state index >= 15 is 0 Å². The van der Waals surface area contributed by atoms with E-state index in [0.717, 1.165) is 17.7 Å². The molecule has 1 aromatic rings. The second-order valence-electron chi connectivity index (χ2n) is 6.55. The summed E-state index contributed by atoms with van der Waals surface area (Å²) in [4.78, 5) is 24.4. The number of hydrogen-bond acceptors (Lipinski definition) is 2. The Hall–Kier alpha value is -1.98. The van der Waals surface area contributed by atoms with Gasteiger partial charge in [-0.1, -0.05) is 6.07 Å². The lowest BCUT2D eigenvalue weighted by Crippen LogP contribution is -2.47. The van der Waals surface area contributed by atoms with Crippen molar-refractivity contribution in [2.75, 3.05) is 13.1 Å². The molecule has 0 aromatic heterocycles. The van der Waals surface area contributed by atoms with Crippen LogP contribution in [0.2, 0.25) is 0 Å². The van der Waals surface area contributed by atoms with Crippen LogP contribution in [-0.4, -0.2) is 41.1 Å². The molecule has 0 unspecified atom stereocenters. The van der Waals surface area contributed by atoms with Crippen LogP contribution in [0.25, 0.3) is 0 Å². The number of aliphatic carboxylic acids is 1. The van der Waals surface area contributed by atoms with Gasteiger partial charge in [0.1, 0.15) is 18.5 Å². The lowest BCUT2D eigenvalue weighted by atomic mass is 9.83. The second-order valence-corrected chi connectivity index (χ2v) is 6.55. The van der Waals surface area contributed by atoms with Gasteiger partial charge in [0.15, 0.2) is 0 Å². The lowest BCUT2D eigenvalue weighted by molar-refractivity contribution is -0.137. The minimum Gasteiger partial charge on any atom is -0.480 e. The van der Waals surface area contributed by atoms with Gasteiger partial charge in [0.25, 0.3) is 5.91 Å². The molecular formula is C16H15F2NO3. The monoisotopic (exact) mass is 307 g/mol. The number of benzene rings is 1. The molecule has 2 fully saturated rings. The van der Waals surface area contributed by atoms with E-state index < -0.39 is 35.8 Å². The number of fused-ring (bicyclic) bond motifs is 2. The average molecular weight is 307 g/mol. The molecule has 0 radical (unpaired) electrons. The van der Waals surface area contributed by atoms with Crippen LogP contribution in [0.3, 0.4) is 0 Å². The van der Waals surface area contributed by atoms with E-state index in [9.17, 15) is 18.4 Å². The number of carboxylic acid groups (broad SMARTS) is 1. The van der Waals surface area contributed by atoms with Crippen LogP contribution in [0, 0.1) is 5.82 Å². The normalized spacial score (nSPS) is 29.6. The first-order valence-corrected chi connectivity index (χ1v) is 7.42. The lowest BCUT2D eigenvalue weighted by Gasteiger charge is -2.34. The largest absolute Gasteiger partial charge is 0.480 e. The van der Waals surface area contributed by atoms with Crippen molar-refractivity contribution in [3.05, 3.63) is 34.6 Å². The fourth-order valence-corrected chi connectivity index (χ4v) is 3.60. The highest BCUT2D eigenvalue weighted by Crippen LogP contribution is 2.56. The highest BCUT2D eigenvalue weighted by atomic mass is 19.1. The van der Waals surface area contributed by atoms with Crippen molar-refractivity contribution in [2.45, 2.75) is 36.8 Å². The van der Waals surface area contributed by atoms with Gasteiger partial charge in [-0.25, -0.2) is 8.78 Å². The Labute approximate surface area is 125 Å². The van der Waals surface area contributed by atoms with Gasteiger partial charge in [0.2, 0.25) is 0 Å². The molecule has 3 aliphatic rings. The third-order valence-corrected chi connectivity index (χ3v) is 4.99. The zero-order chi connectivity index (χ0) is 15.6. The second kappa shape index (κ2) is 4.27. The predicted octanol–water partition coefficient (Wildman–Crippen LogP) is 2.22. The number of amides is 1. The molecule has 1 spiro atoms. The molecule has 2 saturated carbocycles. The SMILES string of the molecule is O=C(O)CN1C[C@]2(C[C@H]2F)c2c(ccc(C3CC3)c2F)C1=O. The highest BCUT2D eigenvalue weighted by molar-refractivity contribution is 5.99. The zero-order valence-corrected chi connectivity index (χ0v) is 11.8. The van der Waals surface area contributed by atoms with Crippen molar-refractivity contribution in [1.82, 2.24) is 4.90 Å². The summed E-state index contributed by atoms with van der Waals surface area (Å²) in [7, 11) is 0. The van der Waals surface area contributed by atoms with Crippen LogP contribution in [-0.2, 0) is 10.2 Å². The number of alkyl halides is 1. The van der Waals surface area contributed by atoms with E-state index in [2.05, 4.69) is 0 Å². The molecule has 1 aromatic carbocycles. The Bertz CT molecular complexity index is 701. The van der Waals surface area contributed by atoms with Crippen LogP contribution < -0.4 is 0 Å². The maximum Gasteiger partial charge on any atom is 0.323 e. The molecule has 1 aliphatic heterocycles. The number of carboxylic acids is 1. The molecule has 1 amide bonds. The first-order chi connectivity index (χ1) is 10.4. The minimum absolute atomic E-state index is 0.0582. The maximum absolute atomic E-state index is 14.9. The molecule has 22 heavy (non-hydrogen) atoms. The summed E-state index contributed by atoms with van der Waals surface area (Å²) in [5.74, 6) is -1.96. The molecule has 2 aliphatic carbocycles. The standard InChI is InChI=1S/C16H15F2NO3/c17-11-5-16(11)7-19(6-12(20)21)15(22)10-4-3-9(8-1-2-8)14(18)13(10)16/h3-4,8,11H,1-2,5-7H2,(H,20,21)/t11-,16+/m1/s1. The Morgan fingerprint density at radius 2 is 2.09 bits per heavy atom. The van der Waals surface area contributed by atoms with E-state index in [1.165, 1.54) is 6.07 Å². The van der Waals surface area contributed by atoms with E-state index in [1.807, 2.05) is 0 Å². The molecule has 4 rings (SSSR count).